The van der Waals surface area contributed by atoms with Gasteiger partial charge in [0.2, 0.25) is 0 Å². The van der Waals surface area contributed by atoms with Crippen molar-refractivity contribution >= 4 is 12.4 Å². The molecule has 2 heteroatoms. The highest BCUT2D eigenvalue weighted by atomic mass is 35.5. The molecule has 1 aliphatic heterocycles. The van der Waals surface area contributed by atoms with Gasteiger partial charge in [0.15, 0.2) is 0 Å². The van der Waals surface area contributed by atoms with E-state index in [1.807, 2.05) is 0 Å². The molecule has 1 atom stereocenters. The molecule has 0 radical (unpaired) electrons. The van der Waals surface area contributed by atoms with E-state index in [2.05, 4.69) is 49.1 Å². The van der Waals surface area contributed by atoms with E-state index in [1.165, 1.54) is 44.3 Å². The summed E-state index contributed by atoms with van der Waals surface area (Å²) >= 11 is 0. The second-order valence-corrected chi connectivity index (χ2v) is 5.65. The van der Waals surface area contributed by atoms with Crippen molar-refractivity contribution in [3.63, 3.8) is 0 Å². The molecule has 1 aromatic rings. The van der Waals surface area contributed by atoms with Crippen LogP contribution in [0.25, 0.3) is 0 Å². The third kappa shape index (κ3) is 4.29. The lowest BCUT2D eigenvalue weighted by Crippen LogP contribution is -2.34. The fourth-order valence-electron chi connectivity index (χ4n) is 2.85. The topological polar surface area (TPSA) is 3.24 Å². The fraction of sp³-hybridized carbons (Fsp3) is 0.625. The molecule has 1 fully saturated rings. The minimum atomic E-state index is 0. The van der Waals surface area contributed by atoms with Gasteiger partial charge in [-0.15, -0.1) is 12.4 Å². The van der Waals surface area contributed by atoms with Gasteiger partial charge in [-0.1, -0.05) is 50.6 Å². The van der Waals surface area contributed by atoms with E-state index >= 15 is 0 Å². The molecule has 0 amide bonds. The number of hydrogen-bond donors (Lipinski definition) is 0. The van der Waals surface area contributed by atoms with Crippen LogP contribution in [0.4, 0.5) is 0 Å². The fourth-order valence-corrected chi connectivity index (χ4v) is 2.85. The number of rotatable bonds is 4. The monoisotopic (exact) mass is 267 g/mol. The molecule has 18 heavy (non-hydrogen) atoms. The summed E-state index contributed by atoms with van der Waals surface area (Å²) < 4.78 is 0. The Bertz CT molecular complexity index is 317. The Morgan fingerprint density at radius 2 is 1.61 bits per heavy atom. The van der Waals surface area contributed by atoms with Gasteiger partial charge in [-0.05, 0) is 43.8 Å². The van der Waals surface area contributed by atoms with Crippen LogP contribution < -0.4 is 0 Å². The number of hydrogen-bond acceptors (Lipinski definition) is 1. The molecule has 1 saturated heterocycles. The first-order chi connectivity index (χ1) is 8.27. The van der Waals surface area contributed by atoms with Gasteiger partial charge in [0.05, 0.1) is 0 Å². The second kappa shape index (κ2) is 7.81. The van der Waals surface area contributed by atoms with Crippen LogP contribution in [0.1, 0.15) is 51.1 Å². The lowest BCUT2D eigenvalue weighted by Gasteiger charge is -2.36. The lowest BCUT2D eigenvalue weighted by molar-refractivity contribution is 0.145. The Labute approximate surface area is 118 Å². The molecule has 0 aromatic heterocycles. The van der Waals surface area contributed by atoms with Gasteiger partial charge in [0, 0.05) is 6.04 Å². The minimum absolute atomic E-state index is 0. The normalized spacial score (nSPS) is 18.4. The largest absolute Gasteiger partial charge is 0.296 e. The molecule has 102 valence electrons. The third-order valence-electron chi connectivity index (χ3n) is 3.71. The van der Waals surface area contributed by atoms with Crippen molar-refractivity contribution in [2.75, 3.05) is 13.1 Å². The average Bonchev–Trinajstić information content (AvgIpc) is 2.38. The van der Waals surface area contributed by atoms with Crippen LogP contribution in [0.15, 0.2) is 30.3 Å². The number of nitrogens with zero attached hydrogens (tertiary/aromatic N) is 1. The number of piperidine rings is 1. The van der Waals surface area contributed by atoms with Gasteiger partial charge in [-0.2, -0.15) is 0 Å². The van der Waals surface area contributed by atoms with Gasteiger partial charge < -0.3 is 0 Å². The van der Waals surface area contributed by atoms with Crippen molar-refractivity contribution in [2.24, 2.45) is 5.92 Å². The molecule has 1 nitrogen and oxygen atoms in total. The Morgan fingerprint density at radius 3 is 2.17 bits per heavy atom. The van der Waals surface area contributed by atoms with Crippen LogP contribution in [0, 0.1) is 5.92 Å². The summed E-state index contributed by atoms with van der Waals surface area (Å²) in [7, 11) is 0. The van der Waals surface area contributed by atoms with Crippen LogP contribution in [0.5, 0.6) is 0 Å². The van der Waals surface area contributed by atoms with E-state index < -0.39 is 0 Å². The predicted molar refractivity (Wildman–Crippen MR) is 81.3 cm³/mol. The Hall–Kier alpha value is -0.530. The first-order valence-corrected chi connectivity index (χ1v) is 7.06. The molecular formula is C16H26ClN. The van der Waals surface area contributed by atoms with E-state index in [0.29, 0.717) is 6.04 Å². The molecule has 0 bridgehead atoms. The van der Waals surface area contributed by atoms with E-state index in [-0.39, 0.29) is 12.4 Å². The predicted octanol–water partition coefficient (Wildman–Crippen LogP) is 4.68. The lowest BCUT2D eigenvalue weighted by atomic mass is 9.94. The van der Waals surface area contributed by atoms with Crippen molar-refractivity contribution in [3.8, 4) is 0 Å². The Balaban J connectivity index is 0.00000162. The van der Waals surface area contributed by atoms with Gasteiger partial charge in [0.1, 0.15) is 0 Å². The molecule has 0 N–H and O–H groups in total. The van der Waals surface area contributed by atoms with Crippen molar-refractivity contribution in [3.05, 3.63) is 35.9 Å². The first kappa shape index (κ1) is 15.5. The quantitative estimate of drug-likeness (QED) is 0.766. The maximum Gasteiger partial charge on any atom is 0.0350 e. The van der Waals surface area contributed by atoms with Crippen molar-refractivity contribution < 1.29 is 0 Å². The Kier molecular flexibility index (Phi) is 6.73. The maximum atomic E-state index is 2.69. The summed E-state index contributed by atoms with van der Waals surface area (Å²) in [5.74, 6) is 0.766. The summed E-state index contributed by atoms with van der Waals surface area (Å²) in [6.45, 7) is 7.23. The minimum Gasteiger partial charge on any atom is -0.296 e. The molecule has 1 aliphatic rings. The molecule has 2 rings (SSSR count). The SMILES string of the molecule is CC(C)CC(c1ccccc1)N1CCCCC1.Cl. The second-order valence-electron chi connectivity index (χ2n) is 5.65. The molecule has 0 aliphatic carbocycles. The van der Waals surface area contributed by atoms with Crippen molar-refractivity contribution in [2.45, 2.75) is 45.6 Å². The molecule has 1 aromatic carbocycles. The molecular weight excluding hydrogens is 242 g/mol. The summed E-state index contributed by atoms with van der Waals surface area (Å²) in [5, 5.41) is 0. The standard InChI is InChI=1S/C16H25N.ClH/c1-14(2)13-16(15-9-5-3-6-10-15)17-11-7-4-8-12-17;/h3,5-6,9-10,14,16H,4,7-8,11-13H2,1-2H3;1H. The zero-order chi connectivity index (χ0) is 12.1. The van der Waals surface area contributed by atoms with E-state index in [4.69, 9.17) is 0 Å². The number of halogens is 1. The summed E-state index contributed by atoms with van der Waals surface area (Å²) in [5.41, 5.74) is 1.50. The van der Waals surface area contributed by atoms with E-state index in [9.17, 15) is 0 Å². The van der Waals surface area contributed by atoms with E-state index in [1.54, 1.807) is 0 Å². The third-order valence-corrected chi connectivity index (χ3v) is 3.71. The highest BCUT2D eigenvalue weighted by Gasteiger charge is 2.22. The van der Waals surface area contributed by atoms with Crippen molar-refractivity contribution in [1.29, 1.82) is 0 Å². The number of benzene rings is 1. The van der Waals surface area contributed by atoms with Gasteiger partial charge in [-0.25, -0.2) is 0 Å². The highest BCUT2D eigenvalue weighted by Crippen LogP contribution is 2.30. The molecule has 0 saturated carbocycles. The van der Waals surface area contributed by atoms with Crippen LogP contribution in [0.2, 0.25) is 0 Å². The van der Waals surface area contributed by atoms with Crippen LogP contribution in [-0.4, -0.2) is 18.0 Å². The average molecular weight is 268 g/mol. The van der Waals surface area contributed by atoms with Gasteiger partial charge >= 0.3 is 0 Å². The zero-order valence-corrected chi connectivity index (χ0v) is 12.5. The van der Waals surface area contributed by atoms with Gasteiger partial charge in [0.25, 0.3) is 0 Å². The van der Waals surface area contributed by atoms with E-state index in [0.717, 1.165) is 5.92 Å². The first-order valence-electron chi connectivity index (χ1n) is 7.06. The molecule has 0 spiro atoms. The maximum absolute atomic E-state index is 2.69. The molecule has 1 unspecified atom stereocenters. The highest BCUT2D eigenvalue weighted by molar-refractivity contribution is 5.85. The van der Waals surface area contributed by atoms with Crippen molar-refractivity contribution in [1.82, 2.24) is 4.90 Å². The summed E-state index contributed by atoms with van der Waals surface area (Å²) in [6.07, 6.45) is 5.45. The molecule has 1 heterocycles. The zero-order valence-electron chi connectivity index (χ0n) is 11.6. The number of likely N-dealkylation sites (tertiary alicyclic amines) is 1. The van der Waals surface area contributed by atoms with Crippen LogP contribution >= 0.6 is 12.4 Å². The smallest absolute Gasteiger partial charge is 0.0350 e. The Morgan fingerprint density at radius 1 is 1.00 bits per heavy atom. The van der Waals surface area contributed by atoms with Crippen LogP contribution in [0.3, 0.4) is 0 Å². The van der Waals surface area contributed by atoms with Crippen LogP contribution in [-0.2, 0) is 0 Å². The summed E-state index contributed by atoms with van der Waals surface area (Å²) in [4.78, 5) is 2.69. The van der Waals surface area contributed by atoms with Gasteiger partial charge in [-0.3, -0.25) is 4.90 Å². The summed E-state index contributed by atoms with van der Waals surface area (Å²) in [6, 6.07) is 11.7.